The average molecular weight is 300 g/mol. The van der Waals surface area contributed by atoms with Crippen molar-refractivity contribution in [2.24, 2.45) is 0 Å². The Morgan fingerprint density at radius 2 is 1.95 bits per heavy atom. The van der Waals surface area contributed by atoms with Crippen molar-refractivity contribution in [1.82, 2.24) is 0 Å². The van der Waals surface area contributed by atoms with E-state index >= 15 is 0 Å². The van der Waals surface area contributed by atoms with Crippen LogP contribution in [0.2, 0.25) is 0 Å². The molecule has 6 heteroatoms. The van der Waals surface area contributed by atoms with Crippen LogP contribution in [0, 0.1) is 0 Å². The summed E-state index contributed by atoms with van der Waals surface area (Å²) in [4.78, 5) is 0. The molecule has 1 aromatic carbocycles. The molecule has 0 saturated heterocycles. The van der Waals surface area contributed by atoms with E-state index in [1.807, 2.05) is 6.07 Å². The van der Waals surface area contributed by atoms with Crippen molar-refractivity contribution in [3.8, 4) is 11.5 Å². The van der Waals surface area contributed by atoms with E-state index in [1.165, 1.54) is 0 Å². The summed E-state index contributed by atoms with van der Waals surface area (Å²) >= 11 is 0. The van der Waals surface area contributed by atoms with Crippen LogP contribution in [0.3, 0.4) is 0 Å². The van der Waals surface area contributed by atoms with Gasteiger partial charge in [-0.1, -0.05) is 12.1 Å². The lowest BCUT2D eigenvalue weighted by atomic mass is 10.3. The SMILES string of the molecule is COc1ccccc1OCCS(=O)(=O)C1CCC(O)C1. The number of aliphatic hydroxyl groups is 1. The van der Waals surface area contributed by atoms with E-state index in [2.05, 4.69) is 0 Å². The van der Waals surface area contributed by atoms with E-state index in [1.54, 1.807) is 25.3 Å². The van der Waals surface area contributed by atoms with E-state index in [0.717, 1.165) is 0 Å². The quantitative estimate of drug-likeness (QED) is 0.860. The van der Waals surface area contributed by atoms with Crippen molar-refractivity contribution in [2.75, 3.05) is 19.5 Å². The highest BCUT2D eigenvalue weighted by molar-refractivity contribution is 7.92. The Balaban J connectivity index is 1.89. The predicted molar refractivity (Wildman–Crippen MR) is 75.9 cm³/mol. The minimum absolute atomic E-state index is 0.0393. The fourth-order valence-electron chi connectivity index (χ4n) is 2.42. The highest BCUT2D eigenvalue weighted by Crippen LogP contribution is 2.27. The number of benzene rings is 1. The zero-order chi connectivity index (χ0) is 14.6. The maximum atomic E-state index is 12.1. The lowest BCUT2D eigenvalue weighted by Crippen LogP contribution is -2.25. The van der Waals surface area contributed by atoms with Gasteiger partial charge in [0.15, 0.2) is 21.3 Å². The normalized spacial score (nSPS) is 22.7. The molecule has 0 amide bonds. The van der Waals surface area contributed by atoms with Gasteiger partial charge in [-0.3, -0.25) is 0 Å². The van der Waals surface area contributed by atoms with Crippen LogP contribution in [0.1, 0.15) is 19.3 Å². The fraction of sp³-hybridized carbons (Fsp3) is 0.571. The van der Waals surface area contributed by atoms with Gasteiger partial charge >= 0.3 is 0 Å². The third-order valence-corrected chi connectivity index (χ3v) is 5.74. The first kappa shape index (κ1) is 15.1. The van der Waals surface area contributed by atoms with Crippen molar-refractivity contribution in [1.29, 1.82) is 0 Å². The monoisotopic (exact) mass is 300 g/mol. The van der Waals surface area contributed by atoms with Crippen molar-refractivity contribution in [3.05, 3.63) is 24.3 Å². The molecule has 1 aliphatic rings. The van der Waals surface area contributed by atoms with Crippen LogP contribution < -0.4 is 9.47 Å². The number of para-hydroxylation sites is 2. The lowest BCUT2D eigenvalue weighted by molar-refractivity contribution is 0.183. The molecule has 112 valence electrons. The van der Waals surface area contributed by atoms with Crippen LogP contribution in [0.25, 0.3) is 0 Å². The topological polar surface area (TPSA) is 72.8 Å². The summed E-state index contributed by atoms with van der Waals surface area (Å²) in [6.45, 7) is 0.0926. The maximum absolute atomic E-state index is 12.1. The van der Waals surface area contributed by atoms with Crippen molar-refractivity contribution < 1.29 is 23.0 Å². The van der Waals surface area contributed by atoms with Gasteiger partial charge in [-0.25, -0.2) is 8.42 Å². The summed E-state index contributed by atoms with van der Waals surface area (Å²) in [5.41, 5.74) is 0. The van der Waals surface area contributed by atoms with Gasteiger partial charge < -0.3 is 14.6 Å². The van der Waals surface area contributed by atoms with Crippen molar-refractivity contribution in [3.63, 3.8) is 0 Å². The van der Waals surface area contributed by atoms with E-state index in [-0.39, 0.29) is 12.4 Å². The molecular formula is C14H20O5S. The van der Waals surface area contributed by atoms with Crippen LogP contribution in [-0.2, 0) is 9.84 Å². The maximum Gasteiger partial charge on any atom is 0.161 e. The number of hydrogen-bond acceptors (Lipinski definition) is 5. The third kappa shape index (κ3) is 3.64. The first-order valence-electron chi connectivity index (χ1n) is 6.68. The molecule has 2 rings (SSSR count). The molecule has 5 nitrogen and oxygen atoms in total. The summed E-state index contributed by atoms with van der Waals surface area (Å²) in [5, 5.41) is 8.99. The van der Waals surface area contributed by atoms with Gasteiger partial charge in [0.25, 0.3) is 0 Å². The van der Waals surface area contributed by atoms with Crippen LogP contribution >= 0.6 is 0 Å². The standard InChI is InChI=1S/C14H20O5S/c1-18-13-4-2-3-5-14(13)19-8-9-20(16,17)12-7-6-11(15)10-12/h2-5,11-12,15H,6-10H2,1H3. The Kier molecular flexibility index (Phi) is 4.88. The molecule has 2 unspecified atom stereocenters. The van der Waals surface area contributed by atoms with Gasteiger partial charge in [-0.2, -0.15) is 0 Å². The molecule has 1 aliphatic carbocycles. The van der Waals surface area contributed by atoms with Gasteiger partial charge in [0.2, 0.25) is 0 Å². The first-order chi connectivity index (χ1) is 9.53. The Morgan fingerprint density at radius 3 is 2.55 bits per heavy atom. The van der Waals surface area contributed by atoms with Gasteiger partial charge in [-0.15, -0.1) is 0 Å². The Morgan fingerprint density at radius 1 is 1.25 bits per heavy atom. The smallest absolute Gasteiger partial charge is 0.161 e. The molecule has 1 fully saturated rings. The average Bonchev–Trinajstić information content (AvgIpc) is 2.87. The zero-order valence-electron chi connectivity index (χ0n) is 11.5. The van der Waals surface area contributed by atoms with Crippen LogP contribution in [0.4, 0.5) is 0 Å². The molecule has 1 saturated carbocycles. The Hall–Kier alpha value is -1.27. The summed E-state index contributed by atoms with van der Waals surface area (Å²) < 4.78 is 34.8. The minimum Gasteiger partial charge on any atom is -0.493 e. The number of rotatable bonds is 6. The van der Waals surface area contributed by atoms with Crippen LogP contribution in [0.15, 0.2) is 24.3 Å². The molecule has 1 N–H and O–H groups in total. The number of hydrogen-bond donors (Lipinski definition) is 1. The summed E-state index contributed by atoms with van der Waals surface area (Å²) in [6, 6.07) is 7.13. The van der Waals surface area contributed by atoms with Crippen molar-refractivity contribution in [2.45, 2.75) is 30.6 Å². The second-order valence-electron chi connectivity index (χ2n) is 4.96. The first-order valence-corrected chi connectivity index (χ1v) is 8.40. The van der Waals surface area contributed by atoms with Crippen LogP contribution in [0.5, 0.6) is 11.5 Å². The molecule has 1 aromatic rings. The lowest BCUT2D eigenvalue weighted by Gasteiger charge is -2.13. The van der Waals surface area contributed by atoms with E-state index in [9.17, 15) is 13.5 Å². The summed E-state index contributed by atoms with van der Waals surface area (Å²) in [6.07, 6.45) is 0.969. The van der Waals surface area contributed by atoms with E-state index in [0.29, 0.717) is 30.8 Å². The highest BCUT2D eigenvalue weighted by atomic mass is 32.2. The van der Waals surface area contributed by atoms with Crippen molar-refractivity contribution >= 4 is 9.84 Å². The Bertz CT molecular complexity index is 540. The molecule has 0 aromatic heterocycles. The summed E-state index contributed by atoms with van der Waals surface area (Å²) in [5.74, 6) is 1.08. The molecular weight excluding hydrogens is 280 g/mol. The molecule has 0 radical (unpaired) electrons. The number of aliphatic hydroxyl groups excluding tert-OH is 1. The number of sulfone groups is 1. The minimum atomic E-state index is -3.21. The Labute approximate surface area is 119 Å². The molecule has 0 bridgehead atoms. The second-order valence-corrected chi connectivity index (χ2v) is 7.36. The molecule has 0 heterocycles. The molecule has 20 heavy (non-hydrogen) atoms. The zero-order valence-corrected chi connectivity index (χ0v) is 12.3. The predicted octanol–water partition coefficient (Wildman–Crippen LogP) is 1.40. The second kappa shape index (κ2) is 6.45. The van der Waals surface area contributed by atoms with Crippen LogP contribution in [-0.4, -0.2) is 44.3 Å². The van der Waals surface area contributed by atoms with Gasteiger partial charge in [0.1, 0.15) is 6.61 Å². The molecule has 0 spiro atoms. The van der Waals surface area contributed by atoms with E-state index < -0.39 is 21.2 Å². The number of ether oxygens (including phenoxy) is 2. The van der Waals surface area contributed by atoms with Gasteiger partial charge in [0, 0.05) is 0 Å². The van der Waals surface area contributed by atoms with Gasteiger partial charge in [0.05, 0.1) is 24.2 Å². The largest absolute Gasteiger partial charge is 0.493 e. The van der Waals surface area contributed by atoms with Gasteiger partial charge in [-0.05, 0) is 31.4 Å². The third-order valence-electron chi connectivity index (χ3n) is 3.56. The molecule has 0 aliphatic heterocycles. The highest BCUT2D eigenvalue weighted by Gasteiger charge is 2.33. The fourth-order valence-corrected chi connectivity index (χ4v) is 4.08. The van der Waals surface area contributed by atoms with E-state index in [4.69, 9.17) is 9.47 Å². The molecule has 2 atom stereocenters. The summed E-state index contributed by atoms with van der Waals surface area (Å²) in [7, 11) is -1.67. The number of methoxy groups -OCH3 is 1.